The average Bonchev–Trinajstić information content (AvgIpc) is 2.80. The number of benzene rings is 1. The van der Waals surface area contributed by atoms with Crippen molar-refractivity contribution >= 4 is 46.5 Å². The third-order valence-electron chi connectivity index (χ3n) is 4.38. The summed E-state index contributed by atoms with van der Waals surface area (Å²) in [6.45, 7) is 6.71. The van der Waals surface area contributed by atoms with Crippen LogP contribution in [0.25, 0.3) is 0 Å². The van der Waals surface area contributed by atoms with E-state index in [0.29, 0.717) is 5.57 Å². The number of hydrogen-bond donors (Lipinski definition) is 1. The first kappa shape index (κ1) is 28.6. The SMILES string of the molecule is C=C/C=C\C(=C/C)C(OC(C)=O)P(=S)(Cl)CCC(NC(=O)OCc1ccccc1)C(=O)OC. The molecule has 0 aromatic heterocycles. The highest BCUT2D eigenvalue weighted by molar-refractivity contribution is 8.27. The smallest absolute Gasteiger partial charge is 0.408 e. The molecular formula is C23H29ClNO6PS. The van der Waals surface area contributed by atoms with Crippen LogP contribution in [0.1, 0.15) is 25.8 Å². The van der Waals surface area contributed by atoms with Crippen molar-refractivity contribution in [3.63, 3.8) is 0 Å². The van der Waals surface area contributed by atoms with Crippen LogP contribution in [0.4, 0.5) is 4.79 Å². The molecular weight excluding hydrogens is 485 g/mol. The Bertz CT molecular complexity index is 934. The summed E-state index contributed by atoms with van der Waals surface area (Å²) in [6, 6.07) is 8.08. The number of hydrogen-bond acceptors (Lipinski definition) is 7. The van der Waals surface area contributed by atoms with Crippen molar-refractivity contribution < 1.29 is 28.6 Å². The van der Waals surface area contributed by atoms with Crippen LogP contribution in [-0.4, -0.2) is 43.2 Å². The second-order valence-electron chi connectivity index (χ2n) is 6.84. The molecule has 10 heteroatoms. The summed E-state index contributed by atoms with van der Waals surface area (Å²) >= 11 is 12.4. The molecule has 0 fully saturated rings. The number of nitrogens with one attached hydrogen (secondary N) is 1. The Morgan fingerprint density at radius 3 is 2.48 bits per heavy atom. The third-order valence-corrected chi connectivity index (χ3v) is 8.52. The van der Waals surface area contributed by atoms with Gasteiger partial charge in [-0.25, -0.2) is 9.59 Å². The molecule has 0 aliphatic heterocycles. The van der Waals surface area contributed by atoms with Gasteiger partial charge >= 0.3 is 18.0 Å². The van der Waals surface area contributed by atoms with Gasteiger partial charge in [-0.05, 0) is 30.6 Å². The summed E-state index contributed by atoms with van der Waals surface area (Å²) < 4.78 is 15.4. The molecule has 0 radical (unpaired) electrons. The first-order valence-corrected chi connectivity index (χ1v) is 14.1. The summed E-state index contributed by atoms with van der Waals surface area (Å²) in [5.41, 5.74) is 1.42. The largest absolute Gasteiger partial charge is 0.467 e. The van der Waals surface area contributed by atoms with Gasteiger partial charge in [0.25, 0.3) is 0 Å². The Balaban J connectivity index is 2.91. The fourth-order valence-electron chi connectivity index (χ4n) is 2.75. The average molecular weight is 514 g/mol. The minimum Gasteiger partial charge on any atom is -0.467 e. The lowest BCUT2D eigenvalue weighted by Gasteiger charge is -2.27. The summed E-state index contributed by atoms with van der Waals surface area (Å²) in [7, 11) is 1.21. The van der Waals surface area contributed by atoms with Gasteiger partial charge in [0.2, 0.25) is 0 Å². The van der Waals surface area contributed by atoms with Crippen molar-refractivity contribution in [2.45, 2.75) is 38.8 Å². The molecule has 1 aromatic carbocycles. The second kappa shape index (κ2) is 14.7. The van der Waals surface area contributed by atoms with Crippen molar-refractivity contribution in [2.75, 3.05) is 13.3 Å². The van der Waals surface area contributed by atoms with E-state index in [9.17, 15) is 14.4 Å². The maximum Gasteiger partial charge on any atom is 0.408 e. The van der Waals surface area contributed by atoms with E-state index in [0.717, 1.165) is 5.56 Å². The number of methoxy groups -OCH3 is 1. The van der Waals surface area contributed by atoms with Gasteiger partial charge in [0.15, 0.2) is 5.85 Å². The van der Waals surface area contributed by atoms with E-state index in [2.05, 4.69) is 11.9 Å². The van der Waals surface area contributed by atoms with Gasteiger partial charge in [-0.1, -0.05) is 84.3 Å². The number of carbonyl (C=O) groups is 3. The molecule has 0 heterocycles. The van der Waals surface area contributed by atoms with Crippen molar-refractivity contribution in [3.8, 4) is 0 Å². The number of halogens is 1. The van der Waals surface area contributed by atoms with Crippen molar-refractivity contribution in [1.82, 2.24) is 5.32 Å². The molecule has 0 bridgehead atoms. The highest BCUT2D eigenvalue weighted by Gasteiger charge is 2.34. The molecule has 3 atom stereocenters. The summed E-state index contributed by atoms with van der Waals surface area (Å²) in [6.07, 6.45) is 6.14. The third kappa shape index (κ3) is 10.4. The predicted octanol–water partition coefficient (Wildman–Crippen LogP) is 5.06. The predicted molar refractivity (Wildman–Crippen MR) is 134 cm³/mol. The minimum atomic E-state index is -2.87. The number of alkyl carbamates (subject to hydrolysis) is 1. The molecule has 7 nitrogen and oxygen atoms in total. The van der Waals surface area contributed by atoms with Crippen LogP contribution in [0, 0.1) is 0 Å². The zero-order valence-corrected chi connectivity index (χ0v) is 21.3. The number of allylic oxidation sites excluding steroid dienone is 3. The highest BCUT2D eigenvalue weighted by atomic mass is 35.7. The van der Waals surface area contributed by atoms with E-state index < -0.39 is 35.3 Å². The van der Waals surface area contributed by atoms with Gasteiger partial charge in [0.1, 0.15) is 12.6 Å². The summed E-state index contributed by atoms with van der Waals surface area (Å²) in [5.74, 6) is -2.07. The standard InChI is InChI=1S/C23H29ClNO6PS/c1-5-7-13-19(6-2)22(31-17(3)26)32(24,33)15-14-20(21(27)29-4)25-23(28)30-16-18-11-9-8-10-12-18/h5-13,20,22H,1,14-16H2,2-4H3,(H,25,28)/b13-7-,19-6+. The number of amides is 1. The first-order chi connectivity index (χ1) is 15.6. The van der Waals surface area contributed by atoms with E-state index in [1.807, 2.05) is 30.3 Å². The van der Waals surface area contributed by atoms with Gasteiger partial charge in [-0.2, -0.15) is 0 Å². The highest BCUT2D eigenvalue weighted by Crippen LogP contribution is 2.59. The van der Waals surface area contributed by atoms with Gasteiger partial charge in [-0.15, -0.1) is 0 Å². The molecule has 0 saturated carbocycles. The lowest BCUT2D eigenvalue weighted by molar-refractivity contribution is -0.143. The van der Waals surface area contributed by atoms with Gasteiger partial charge < -0.3 is 19.5 Å². The molecule has 3 unspecified atom stereocenters. The van der Waals surface area contributed by atoms with Gasteiger partial charge in [-0.3, -0.25) is 4.79 Å². The van der Waals surface area contributed by atoms with Crippen LogP contribution in [0.5, 0.6) is 0 Å². The molecule has 180 valence electrons. The molecule has 1 N–H and O–H groups in total. The lowest BCUT2D eigenvalue weighted by atomic mass is 10.2. The maximum atomic E-state index is 12.2. The lowest BCUT2D eigenvalue weighted by Crippen LogP contribution is -2.42. The Kier molecular flexibility index (Phi) is 12.7. The van der Waals surface area contributed by atoms with Crippen molar-refractivity contribution in [2.24, 2.45) is 0 Å². The second-order valence-corrected chi connectivity index (χ2v) is 13.5. The van der Waals surface area contributed by atoms with E-state index in [4.69, 9.17) is 37.3 Å². The fourth-order valence-corrected chi connectivity index (χ4v) is 6.14. The molecule has 1 rings (SSSR count). The van der Waals surface area contributed by atoms with Gasteiger partial charge in [0.05, 0.1) is 12.5 Å². The molecule has 1 amide bonds. The molecule has 0 aliphatic carbocycles. The van der Waals surface area contributed by atoms with E-state index >= 15 is 0 Å². The van der Waals surface area contributed by atoms with E-state index in [1.165, 1.54) is 14.0 Å². The molecule has 0 spiro atoms. The fraction of sp³-hybridized carbons (Fsp3) is 0.348. The molecule has 0 aliphatic rings. The van der Waals surface area contributed by atoms with Crippen LogP contribution in [-0.2, 0) is 42.2 Å². The van der Waals surface area contributed by atoms with E-state index in [1.54, 1.807) is 31.2 Å². The minimum absolute atomic E-state index is 0.0445. The molecule has 0 saturated heterocycles. The summed E-state index contributed by atoms with van der Waals surface area (Å²) in [5, 5.41) is -0.376. The number of esters is 2. The van der Waals surface area contributed by atoms with Crippen LogP contribution in [0.3, 0.4) is 0 Å². The maximum absolute atomic E-state index is 12.2. The number of carbonyl (C=O) groups excluding carboxylic acids is 3. The first-order valence-electron chi connectivity index (χ1n) is 10.1. The monoisotopic (exact) mass is 513 g/mol. The topological polar surface area (TPSA) is 90.9 Å². The van der Waals surface area contributed by atoms with Crippen molar-refractivity contribution in [3.05, 3.63) is 72.4 Å². The molecule has 1 aromatic rings. The van der Waals surface area contributed by atoms with Crippen molar-refractivity contribution in [1.29, 1.82) is 0 Å². The summed E-state index contributed by atoms with van der Waals surface area (Å²) in [4.78, 5) is 36.2. The Labute approximate surface area is 204 Å². The van der Waals surface area contributed by atoms with E-state index in [-0.39, 0.29) is 19.2 Å². The van der Waals surface area contributed by atoms with Crippen LogP contribution in [0.15, 0.2) is 66.8 Å². The zero-order chi connectivity index (χ0) is 24.9. The number of ether oxygens (including phenoxy) is 3. The quantitative estimate of drug-likeness (QED) is 0.181. The van der Waals surface area contributed by atoms with Crippen LogP contribution in [0.2, 0.25) is 0 Å². The van der Waals surface area contributed by atoms with Gasteiger partial charge in [0, 0.05) is 6.92 Å². The normalized spacial score (nSPS) is 15.1. The number of rotatable bonds is 12. The molecule has 33 heavy (non-hydrogen) atoms. The van der Waals surface area contributed by atoms with Crippen LogP contribution < -0.4 is 5.32 Å². The van der Waals surface area contributed by atoms with Crippen LogP contribution >= 0.6 is 16.6 Å². The zero-order valence-electron chi connectivity index (χ0n) is 18.9. The Hall–Kier alpha value is -2.41. The Morgan fingerprint density at radius 2 is 1.94 bits per heavy atom. The Morgan fingerprint density at radius 1 is 1.27 bits per heavy atom.